The lowest BCUT2D eigenvalue weighted by Crippen LogP contribution is -2.68. The Hall–Kier alpha value is 0.0900. The number of halogens is 1. The van der Waals surface area contributed by atoms with Crippen molar-refractivity contribution >= 4 is 0 Å². The van der Waals surface area contributed by atoms with Crippen LogP contribution in [0.4, 0.5) is 0 Å². The van der Waals surface area contributed by atoms with E-state index in [0.717, 1.165) is 12.5 Å². The molecule has 0 aromatic carbocycles. The molecule has 0 saturated carbocycles. The molecule has 0 radical (unpaired) electrons. The Bertz CT molecular complexity index is 66.1. The van der Waals surface area contributed by atoms with Gasteiger partial charge < -0.3 is 5.73 Å². The molecule has 0 aliphatic carbocycles. The summed E-state index contributed by atoms with van der Waals surface area (Å²) in [7, 11) is -4.94. The summed E-state index contributed by atoms with van der Waals surface area (Å²) in [5.74, 6) is 0.773. The zero-order chi connectivity index (χ0) is 8.78. The molecule has 0 spiro atoms. The molecule has 0 atom stereocenters. The molecular weight excluding hydrogens is 162 g/mol. The maximum absolute atomic E-state index is 8.49. The van der Waals surface area contributed by atoms with Crippen LogP contribution in [0.25, 0.3) is 0 Å². The Labute approximate surface area is 61.8 Å². The maximum atomic E-state index is 8.49. The summed E-state index contributed by atoms with van der Waals surface area (Å²) in [4.78, 5) is 0. The van der Waals surface area contributed by atoms with Gasteiger partial charge in [0.1, 0.15) is 0 Å². The fourth-order valence-electron chi connectivity index (χ4n) is 0. The van der Waals surface area contributed by atoms with Gasteiger partial charge in [-0.2, -0.15) is 0 Å². The molecule has 64 valence electrons. The van der Waals surface area contributed by atoms with Gasteiger partial charge in [0.05, 0.1) is 6.54 Å². The molecule has 0 aromatic rings. The zero-order valence-corrected chi connectivity index (χ0v) is 6.76. The average Bonchev–Trinajstić information content (AvgIpc) is 1.61. The minimum Gasteiger partial charge on any atom is -0.357 e. The Balaban J connectivity index is 0. The molecule has 6 heteroatoms. The highest BCUT2D eigenvalue weighted by Gasteiger charge is 1.84. The molecule has 0 bridgehead atoms. The van der Waals surface area contributed by atoms with Crippen molar-refractivity contribution in [2.45, 2.75) is 13.8 Å². The second-order valence-corrected chi connectivity index (χ2v) is 2.82. The van der Waals surface area contributed by atoms with E-state index in [2.05, 4.69) is 19.6 Å². The zero-order valence-electron chi connectivity index (χ0n) is 6.00. The van der Waals surface area contributed by atoms with Crippen LogP contribution in [-0.4, -0.2) is 6.54 Å². The highest BCUT2D eigenvalue weighted by Crippen LogP contribution is 1.79. The van der Waals surface area contributed by atoms with Gasteiger partial charge in [-0.15, -0.1) is 10.2 Å². The molecule has 0 fully saturated rings. The lowest BCUT2D eigenvalue weighted by Gasteiger charge is -2.17. The van der Waals surface area contributed by atoms with Crippen LogP contribution < -0.4 is 24.4 Å². The summed E-state index contributed by atoms with van der Waals surface area (Å²) in [5.41, 5.74) is 3.69. The van der Waals surface area contributed by atoms with Crippen LogP contribution in [0.2, 0.25) is 0 Å². The number of hydrogen-bond acceptors (Lipinski definition) is 4. The van der Waals surface area contributed by atoms with E-state index in [9.17, 15) is 0 Å². The maximum Gasteiger partial charge on any atom is 0.0763 e. The first-order valence-corrected chi connectivity index (χ1v) is 3.91. The first-order chi connectivity index (χ1) is 4.27. The summed E-state index contributed by atoms with van der Waals surface area (Å²) in [5, 5.41) is 0. The summed E-state index contributed by atoms with van der Waals surface area (Å²) < 4.78 is 34.0. The number of quaternary nitrogens is 1. The van der Waals surface area contributed by atoms with Crippen LogP contribution in [0, 0.1) is 16.2 Å². The molecule has 10 heavy (non-hydrogen) atoms. The standard InChI is InChI=1S/C4H11N.ClHO4/c1-4(2)3-5;2-1(3,4)5/h4H,3,5H2,1-2H3;(H,2,3,4,5). The molecule has 0 amide bonds. The summed E-state index contributed by atoms with van der Waals surface area (Å²) >= 11 is 0. The molecule has 0 unspecified atom stereocenters. The molecule has 3 N–H and O–H groups in total. The van der Waals surface area contributed by atoms with E-state index in [0.29, 0.717) is 0 Å². The average molecular weight is 174 g/mol. The van der Waals surface area contributed by atoms with Crippen LogP contribution in [0.1, 0.15) is 13.8 Å². The third-order valence-electron chi connectivity index (χ3n) is 0.577. The van der Waals surface area contributed by atoms with Crippen molar-refractivity contribution in [3.8, 4) is 0 Å². The highest BCUT2D eigenvalue weighted by molar-refractivity contribution is 4.30. The smallest absolute Gasteiger partial charge is 0.0763 e. The monoisotopic (exact) mass is 173 g/mol. The van der Waals surface area contributed by atoms with Gasteiger partial charge in [-0.1, -0.05) is 13.8 Å². The second-order valence-electron chi connectivity index (χ2n) is 2.06. The van der Waals surface area contributed by atoms with Gasteiger partial charge >= 0.3 is 0 Å². The fraction of sp³-hybridized carbons (Fsp3) is 1.00. The van der Waals surface area contributed by atoms with Crippen molar-refractivity contribution in [1.82, 2.24) is 0 Å². The molecule has 0 heterocycles. The topological polar surface area (TPSA) is 120 Å². The third kappa shape index (κ3) is 93.1. The van der Waals surface area contributed by atoms with Gasteiger partial charge in [0.2, 0.25) is 0 Å². The normalized spacial score (nSPS) is 10.8. The molecular formula is C4H12ClNO4. The lowest BCUT2D eigenvalue weighted by molar-refractivity contribution is -2.00. The molecule has 5 nitrogen and oxygen atoms in total. The van der Waals surface area contributed by atoms with Crippen molar-refractivity contribution in [2.24, 2.45) is 5.92 Å². The summed E-state index contributed by atoms with van der Waals surface area (Å²) in [6.45, 7) is 5.38. The number of hydrogen-bond donors (Lipinski definition) is 1. The Morgan fingerprint density at radius 1 is 1.20 bits per heavy atom. The van der Waals surface area contributed by atoms with Crippen LogP contribution in [0.3, 0.4) is 0 Å². The van der Waals surface area contributed by atoms with Gasteiger partial charge in [0.25, 0.3) is 0 Å². The van der Waals surface area contributed by atoms with Crippen LogP contribution in [-0.2, 0) is 0 Å². The van der Waals surface area contributed by atoms with E-state index in [-0.39, 0.29) is 0 Å². The highest BCUT2D eigenvalue weighted by atomic mass is 35.7. The predicted octanol–water partition coefficient (Wildman–Crippen LogP) is -4.87. The van der Waals surface area contributed by atoms with Crippen molar-refractivity contribution in [3.05, 3.63) is 0 Å². The number of rotatable bonds is 1. The van der Waals surface area contributed by atoms with Gasteiger partial charge in [-0.05, 0) is 0 Å². The fourth-order valence-corrected chi connectivity index (χ4v) is 0. The van der Waals surface area contributed by atoms with Crippen molar-refractivity contribution in [1.29, 1.82) is 0 Å². The van der Waals surface area contributed by atoms with Gasteiger partial charge in [0.15, 0.2) is 0 Å². The van der Waals surface area contributed by atoms with Crippen molar-refractivity contribution in [3.63, 3.8) is 0 Å². The van der Waals surface area contributed by atoms with Gasteiger partial charge in [0, 0.05) is 5.92 Å². The van der Waals surface area contributed by atoms with E-state index >= 15 is 0 Å². The largest absolute Gasteiger partial charge is 0.357 e. The quantitative estimate of drug-likeness (QED) is 0.427. The molecule has 0 aliphatic rings. The van der Waals surface area contributed by atoms with E-state index in [1.165, 1.54) is 0 Å². The molecule has 0 aromatic heterocycles. The second kappa shape index (κ2) is 5.84. The van der Waals surface area contributed by atoms with Crippen LogP contribution in [0.5, 0.6) is 0 Å². The predicted molar refractivity (Wildman–Crippen MR) is 22.6 cm³/mol. The molecule has 0 rings (SSSR count). The lowest BCUT2D eigenvalue weighted by atomic mass is 10.2. The minimum atomic E-state index is -4.94. The van der Waals surface area contributed by atoms with E-state index in [1.54, 1.807) is 0 Å². The van der Waals surface area contributed by atoms with Crippen molar-refractivity contribution in [2.75, 3.05) is 6.54 Å². The third-order valence-corrected chi connectivity index (χ3v) is 0.577. The SMILES string of the molecule is CC(C)C[NH3+].[O-][Cl+3]([O-])([O-])[O-]. The summed E-state index contributed by atoms with van der Waals surface area (Å²) in [6.07, 6.45) is 0. The van der Waals surface area contributed by atoms with Crippen LogP contribution in [0.15, 0.2) is 0 Å². The Morgan fingerprint density at radius 2 is 1.30 bits per heavy atom. The first kappa shape index (κ1) is 12.7. The van der Waals surface area contributed by atoms with Gasteiger partial charge in [-0.3, -0.25) is 0 Å². The van der Waals surface area contributed by atoms with E-state index in [4.69, 9.17) is 18.6 Å². The van der Waals surface area contributed by atoms with E-state index < -0.39 is 10.2 Å². The Kier molecular flexibility index (Phi) is 7.44. The van der Waals surface area contributed by atoms with E-state index in [1.807, 2.05) is 0 Å². The van der Waals surface area contributed by atoms with Crippen LogP contribution >= 0.6 is 0 Å². The van der Waals surface area contributed by atoms with Gasteiger partial charge in [-0.25, -0.2) is 18.6 Å². The minimum absolute atomic E-state index is 0.773. The Morgan fingerprint density at radius 3 is 1.30 bits per heavy atom. The molecule has 0 saturated heterocycles. The van der Waals surface area contributed by atoms with Crippen molar-refractivity contribution < 1.29 is 34.6 Å². The molecule has 0 aliphatic heterocycles. The first-order valence-electron chi connectivity index (χ1n) is 2.68. The summed E-state index contributed by atoms with van der Waals surface area (Å²) in [6, 6.07) is 0.